The van der Waals surface area contributed by atoms with E-state index in [4.69, 9.17) is 5.73 Å². The molecule has 1 aromatic heterocycles. The van der Waals surface area contributed by atoms with E-state index in [0.717, 1.165) is 12.2 Å². The number of hydrogen-bond donors (Lipinski definition) is 2. The van der Waals surface area contributed by atoms with Crippen LogP contribution in [0.15, 0.2) is 12.1 Å². The zero-order chi connectivity index (χ0) is 14.2. The topological polar surface area (TPSA) is 57.9 Å². The Labute approximate surface area is 114 Å². The van der Waals surface area contributed by atoms with E-state index in [-0.39, 0.29) is 0 Å². The molecule has 0 aliphatic rings. The summed E-state index contributed by atoms with van der Waals surface area (Å²) in [7, 11) is 2.10. The van der Waals surface area contributed by atoms with E-state index in [0.29, 0.717) is 5.82 Å². The SMILES string of the molecule is Cc1cc(C)c(C)c(N(C)Cc2cc(N)n[nH]2)c1C. The van der Waals surface area contributed by atoms with Crippen LogP contribution >= 0.6 is 0 Å². The first-order valence-electron chi connectivity index (χ1n) is 6.48. The Hall–Kier alpha value is -1.97. The maximum atomic E-state index is 5.64. The third-order valence-electron chi connectivity index (χ3n) is 3.77. The summed E-state index contributed by atoms with van der Waals surface area (Å²) >= 11 is 0. The van der Waals surface area contributed by atoms with Crippen LogP contribution in [0.3, 0.4) is 0 Å². The van der Waals surface area contributed by atoms with Crippen molar-refractivity contribution in [3.63, 3.8) is 0 Å². The molecule has 0 aliphatic carbocycles. The van der Waals surface area contributed by atoms with Crippen LogP contribution < -0.4 is 10.6 Å². The molecule has 19 heavy (non-hydrogen) atoms. The molecule has 0 bridgehead atoms. The van der Waals surface area contributed by atoms with Crippen molar-refractivity contribution >= 4 is 11.5 Å². The number of nitrogens with zero attached hydrogens (tertiary/aromatic N) is 2. The Morgan fingerprint density at radius 1 is 1.11 bits per heavy atom. The van der Waals surface area contributed by atoms with E-state index in [1.807, 2.05) is 6.07 Å². The maximum Gasteiger partial charge on any atom is 0.145 e. The normalized spacial score (nSPS) is 10.8. The van der Waals surface area contributed by atoms with Crippen LogP contribution in [0.25, 0.3) is 0 Å². The molecule has 1 heterocycles. The zero-order valence-corrected chi connectivity index (χ0v) is 12.3. The molecule has 102 valence electrons. The first kappa shape index (κ1) is 13.5. The summed E-state index contributed by atoms with van der Waals surface area (Å²) in [4.78, 5) is 2.25. The van der Waals surface area contributed by atoms with E-state index in [2.05, 4.69) is 55.9 Å². The summed E-state index contributed by atoms with van der Waals surface area (Å²) in [6, 6.07) is 4.13. The second kappa shape index (κ2) is 4.96. The molecule has 3 N–H and O–H groups in total. The molecule has 4 nitrogen and oxygen atoms in total. The molecule has 0 saturated carbocycles. The van der Waals surface area contributed by atoms with Crippen LogP contribution in [0.1, 0.15) is 27.9 Å². The van der Waals surface area contributed by atoms with Gasteiger partial charge in [0.1, 0.15) is 5.82 Å². The molecule has 1 aromatic carbocycles. The minimum absolute atomic E-state index is 0.539. The summed E-state index contributed by atoms with van der Waals surface area (Å²) < 4.78 is 0. The molecule has 0 amide bonds. The zero-order valence-electron chi connectivity index (χ0n) is 12.3. The Bertz CT molecular complexity index is 572. The fraction of sp³-hybridized carbons (Fsp3) is 0.400. The molecule has 4 heteroatoms. The third kappa shape index (κ3) is 2.57. The van der Waals surface area contributed by atoms with E-state index in [1.165, 1.54) is 27.9 Å². The molecule has 2 rings (SSSR count). The number of benzene rings is 1. The van der Waals surface area contributed by atoms with Crippen LogP contribution in [-0.2, 0) is 6.54 Å². The quantitative estimate of drug-likeness (QED) is 0.890. The van der Waals surface area contributed by atoms with Crippen molar-refractivity contribution in [2.75, 3.05) is 17.7 Å². The van der Waals surface area contributed by atoms with Crippen molar-refractivity contribution in [2.45, 2.75) is 34.2 Å². The Balaban J connectivity index is 2.36. The minimum Gasteiger partial charge on any atom is -0.382 e. The van der Waals surface area contributed by atoms with Gasteiger partial charge >= 0.3 is 0 Å². The van der Waals surface area contributed by atoms with Gasteiger partial charge in [-0.05, 0) is 49.9 Å². The van der Waals surface area contributed by atoms with Gasteiger partial charge in [-0.2, -0.15) is 5.10 Å². The van der Waals surface area contributed by atoms with Crippen LogP contribution in [0.4, 0.5) is 11.5 Å². The molecule has 0 atom stereocenters. The smallest absolute Gasteiger partial charge is 0.145 e. The van der Waals surface area contributed by atoms with Crippen molar-refractivity contribution < 1.29 is 0 Å². The highest BCUT2D eigenvalue weighted by Crippen LogP contribution is 2.30. The van der Waals surface area contributed by atoms with Crippen molar-refractivity contribution in [3.05, 3.63) is 40.1 Å². The van der Waals surface area contributed by atoms with Gasteiger partial charge in [0.05, 0.1) is 12.2 Å². The number of anilines is 2. The second-order valence-corrected chi connectivity index (χ2v) is 5.28. The van der Waals surface area contributed by atoms with Gasteiger partial charge in [0.2, 0.25) is 0 Å². The number of nitrogens with two attached hydrogens (primary N) is 1. The fourth-order valence-electron chi connectivity index (χ4n) is 2.56. The number of aromatic nitrogens is 2. The average Bonchev–Trinajstić information content (AvgIpc) is 2.72. The molecule has 0 spiro atoms. The first-order valence-corrected chi connectivity index (χ1v) is 6.48. The third-order valence-corrected chi connectivity index (χ3v) is 3.77. The van der Waals surface area contributed by atoms with Crippen molar-refractivity contribution in [1.29, 1.82) is 0 Å². The highest BCUT2D eigenvalue weighted by Gasteiger charge is 2.13. The highest BCUT2D eigenvalue weighted by molar-refractivity contribution is 5.63. The van der Waals surface area contributed by atoms with Gasteiger partial charge in [0, 0.05) is 18.8 Å². The number of nitrogens with one attached hydrogen (secondary N) is 1. The average molecular weight is 258 g/mol. The Morgan fingerprint density at radius 2 is 1.68 bits per heavy atom. The van der Waals surface area contributed by atoms with Crippen molar-refractivity contribution in [2.24, 2.45) is 0 Å². The van der Waals surface area contributed by atoms with Crippen molar-refractivity contribution in [3.8, 4) is 0 Å². The Kier molecular flexibility index (Phi) is 3.51. The van der Waals surface area contributed by atoms with Gasteiger partial charge < -0.3 is 10.6 Å². The number of hydrogen-bond acceptors (Lipinski definition) is 3. The molecule has 0 radical (unpaired) electrons. The largest absolute Gasteiger partial charge is 0.382 e. The number of rotatable bonds is 3. The lowest BCUT2D eigenvalue weighted by Gasteiger charge is -2.25. The summed E-state index contributed by atoms with van der Waals surface area (Å²) in [5.41, 5.74) is 13.3. The van der Waals surface area contributed by atoms with Crippen molar-refractivity contribution in [1.82, 2.24) is 10.2 Å². The first-order chi connectivity index (χ1) is 8.90. The van der Waals surface area contributed by atoms with Crippen LogP contribution in [0.2, 0.25) is 0 Å². The molecule has 2 aromatic rings. The summed E-state index contributed by atoms with van der Waals surface area (Å²) in [5.74, 6) is 0.539. The van der Waals surface area contributed by atoms with Gasteiger partial charge in [-0.15, -0.1) is 0 Å². The highest BCUT2D eigenvalue weighted by atomic mass is 15.2. The summed E-state index contributed by atoms with van der Waals surface area (Å²) in [6.45, 7) is 9.44. The van der Waals surface area contributed by atoms with Gasteiger partial charge in [-0.3, -0.25) is 5.10 Å². The Morgan fingerprint density at radius 3 is 2.16 bits per heavy atom. The van der Waals surface area contributed by atoms with E-state index < -0.39 is 0 Å². The molecule has 0 saturated heterocycles. The number of aryl methyl sites for hydroxylation is 2. The molecule has 0 unspecified atom stereocenters. The monoisotopic (exact) mass is 258 g/mol. The summed E-state index contributed by atoms with van der Waals surface area (Å²) in [6.07, 6.45) is 0. The molecular weight excluding hydrogens is 236 g/mol. The minimum atomic E-state index is 0.539. The van der Waals surface area contributed by atoms with E-state index in [9.17, 15) is 0 Å². The number of aromatic amines is 1. The lowest BCUT2D eigenvalue weighted by atomic mass is 9.98. The number of nitrogen functional groups attached to an aromatic ring is 1. The lowest BCUT2D eigenvalue weighted by molar-refractivity contribution is 0.860. The van der Waals surface area contributed by atoms with Gasteiger partial charge in [-0.1, -0.05) is 6.07 Å². The molecule has 0 aliphatic heterocycles. The van der Waals surface area contributed by atoms with Gasteiger partial charge in [-0.25, -0.2) is 0 Å². The standard InChI is InChI=1S/C15H22N4/c1-9-6-10(2)12(4)15(11(9)3)19(5)8-13-7-14(16)18-17-13/h6-7H,8H2,1-5H3,(H3,16,17,18). The van der Waals surface area contributed by atoms with Crippen LogP contribution in [0, 0.1) is 27.7 Å². The molecule has 0 fully saturated rings. The van der Waals surface area contributed by atoms with E-state index in [1.54, 1.807) is 0 Å². The van der Waals surface area contributed by atoms with Gasteiger partial charge in [0.15, 0.2) is 0 Å². The predicted octanol–water partition coefficient (Wildman–Crippen LogP) is 2.86. The van der Waals surface area contributed by atoms with Gasteiger partial charge in [0.25, 0.3) is 0 Å². The van der Waals surface area contributed by atoms with Crippen LogP contribution in [0.5, 0.6) is 0 Å². The molecular formula is C15H22N4. The predicted molar refractivity (Wildman–Crippen MR) is 80.5 cm³/mol. The fourth-order valence-corrected chi connectivity index (χ4v) is 2.56. The number of H-pyrrole nitrogens is 1. The summed E-state index contributed by atoms with van der Waals surface area (Å²) in [5, 5.41) is 6.93. The maximum absolute atomic E-state index is 5.64. The van der Waals surface area contributed by atoms with E-state index >= 15 is 0 Å². The second-order valence-electron chi connectivity index (χ2n) is 5.28. The van der Waals surface area contributed by atoms with Crippen LogP contribution in [-0.4, -0.2) is 17.2 Å². The lowest BCUT2D eigenvalue weighted by Crippen LogP contribution is -2.19.